The minimum Gasteiger partial charge on any atom is -0.497 e. The van der Waals surface area contributed by atoms with Crippen molar-refractivity contribution >= 4 is 11.8 Å². The van der Waals surface area contributed by atoms with Gasteiger partial charge in [0.1, 0.15) is 5.75 Å². The van der Waals surface area contributed by atoms with Crippen LogP contribution in [0, 0.1) is 0 Å². The average Bonchev–Trinajstić information content (AvgIpc) is 2.84. The third-order valence-electron chi connectivity index (χ3n) is 6.86. The van der Waals surface area contributed by atoms with Crippen LogP contribution in [0.25, 0.3) is 0 Å². The standard InChI is InChI=1S/C26H33N3O3/c1-27(2)25(30)18-24-23-10-5-4-7-19(23)11-16-29(24)21-12-14-28(15-13-21)26(31)20-8-6-9-22(17-20)32-3/h4-10,17,21,24H,11-16,18H2,1-3H3. The summed E-state index contributed by atoms with van der Waals surface area (Å²) in [5.74, 6) is 0.916. The largest absolute Gasteiger partial charge is 0.497 e. The van der Waals surface area contributed by atoms with Crippen LogP contribution in [0.1, 0.15) is 46.8 Å². The Balaban J connectivity index is 1.46. The Morgan fingerprint density at radius 1 is 1.03 bits per heavy atom. The number of hydrogen-bond donors (Lipinski definition) is 0. The maximum Gasteiger partial charge on any atom is 0.253 e. The van der Waals surface area contributed by atoms with Gasteiger partial charge in [-0.25, -0.2) is 0 Å². The molecule has 0 aliphatic carbocycles. The topological polar surface area (TPSA) is 53.1 Å². The number of rotatable bonds is 5. The smallest absolute Gasteiger partial charge is 0.253 e. The summed E-state index contributed by atoms with van der Waals surface area (Å²) >= 11 is 0. The van der Waals surface area contributed by atoms with Gasteiger partial charge in [0, 0.05) is 57.8 Å². The summed E-state index contributed by atoms with van der Waals surface area (Å²) in [4.78, 5) is 31.8. The van der Waals surface area contributed by atoms with Crippen molar-refractivity contribution in [3.8, 4) is 5.75 Å². The number of fused-ring (bicyclic) bond motifs is 1. The fourth-order valence-electron chi connectivity index (χ4n) is 5.02. The second-order valence-electron chi connectivity index (χ2n) is 8.95. The molecule has 2 aliphatic rings. The van der Waals surface area contributed by atoms with Crippen LogP contribution in [-0.4, -0.2) is 73.4 Å². The highest BCUT2D eigenvalue weighted by atomic mass is 16.5. The summed E-state index contributed by atoms with van der Waals surface area (Å²) in [6.07, 6.45) is 3.34. The van der Waals surface area contributed by atoms with Crippen molar-refractivity contribution in [2.24, 2.45) is 0 Å². The van der Waals surface area contributed by atoms with Crippen LogP contribution in [0.4, 0.5) is 0 Å². The number of methoxy groups -OCH3 is 1. The molecule has 0 spiro atoms. The van der Waals surface area contributed by atoms with Crippen LogP contribution >= 0.6 is 0 Å². The SMILES string of the molecule is COc1cccc(C(=O)N2CCC(N3CCc4ccccc4C3CC(=O)N(C)C)CC2)c1. The zero-order valence-corrected chi connectivity index (χ0v) is 19.3. The quantitative estimate of drug-likeness (QED) is 0.723. The molecular weight excluding hydrogens is 402 g/mol. The number of ether oxygens (including phenoxy) is 1. The summed E-state index contributed by atoms with van der Waals surface area (Å²) in [6.45, 7) is 2.41. The minimum atomic E-state index is 0.0608. The predicted octanol–water partition coefficient (Wildman–Crippen LogP) is 3.38. The van der Waals surface area contributed by atoms with Gasteiger partial charge in [-0.3, -0.25) is 14.5 Å². The first kappa shape index (κ1) is 22.3. The van der Waals surface area contributed by atoms with E-state index in [1.165, 1.54) is 11.1 Å². The highest BCUT2D eigenvalue weighted by molar-refractivity contribution is 5.94. The average molecular weight is 436 g/mol. The number of carbonyl (C=O) groups is 2. The van der Waals surface area contributed by atoms with Crippen molar-refractivity contribution < 1.29 is 14.3 Å². The first-order chi connectivity index (χ1) is 15.5. The highest BCUT2D eigenvalue weighted by Gasteiger charge is 2.36. The van der Waals surface area contributed by atoms with Crippen molar-refractivity contribution in [3.63, 3.8) is 0 Å². The van der Waals surface area contributed by atoms with Crippen molar-refractivity contribution in [2.45, 2.75) is 37.8 Å². The molecule has 0 bridgehead atoms. The molecule has 0 radical (unpaired) electrons. The van der Waals surface area contributed by atoms with Crippen molar-refractivity contribution in [1.82, 2.24) is 14.7 Å². The van der Waals surface area contributed by atoms with Gasteiger partial charge in [-0.15, -0.1) is 0 Å². The lowest BCUT2D eigenvalue weighted by Gasteiger charge is -2.45. The molecule has 1 fully saturated rings. The van der Waals surface area contributed by atoms with Gasteiger partial charge in [-0.1, -0.05) is 30.3 Å². The van der Waals surface area contributed by atoms with E-state index in [0.29, 0.717) is 23.8 Å². The molecule has 2 aromatic carbocycles. The normalized spacial score (nSPS) is 19.3. The van der Waals surface area contributed by atoms with E-state index in [2.05, 4.69) is 29.2 Å². The molecule has 32 heavy (non-hydrogen) atoms. The Morgan fingerprint density at radius 2 is 1.78 bits per heavy atom. The van der Waals surface area contributed by atoms with E-state index in [1.807, 2.05) is 37.2 Å². The molecule has 6 heteroatoms. The van der Waals surface area contributed by atoms with Gasteiger partial charge in [-0.05, 0) is 48.6 Å². The van der Waals surface area contributed by atoms with Gasteiger partial charge in [-0.2, -0.15) is 0 Å². The van der Waals surface area contributed by atoms with E-state index >= 15 is 0 Å². The van der Waals surface area contributed by atoms with Gasteiger partial charge in [0.25, 0.3) is 5.91 Å². The fraction of sp³-hybridized carbons (Fsp3) is 0.462. The molecule has 6 nitrogen and oxygen atoms in total. The Hall–Kier alpha value is -2.86. The Labute approximate surface area is 190 Å². The van der Waals surface area contributed by atoms with Crippen LogP contribution in [0.15, 0.2) is 48.5 Å². The Kier molecular flexibility index (Phi) is 6.80. The van der Waals surface area contributed by atoms with Crippen LogP contribution in [-0.2, 0) is 11.2 Å². The fourth-order valence-corrected chi connectivity index (χ4v) is 5.02. The number of hydrogen-bond acceptors (Lipinski definition) is 4. The van der Waals surface area contributed by atoms with Crippen molar-refractivity contribution in [1.29, 1.82) is 0 Å². The van der Waals surface area contributed by atoms with Gasteiger partial charge >= 0.3 is 0 Å². The number of benzene rings is 2. The second-order valence-corrected chi connectivity index (χ2v) is 8.95. The third kappa shape index (κ3) is 4.65. The number of carbonyl (C=O) groups excluding carboxylic acids is 2. The molecule has 2 heterocycles. The molecule has 2 aliphatic heterocycles. The Morgan fingerprint density at radius 3 is 2.50 bits per heavy atom. The minimum absolute atomic E-state index is 0.0608. The Bertz CT molecular complexity index is 966. The molecule has 170 valence electrons. The van der Waals surface area contributed by atoms with E-state index in [-0.39, 0.29) is 17.9 Å². The molecule has 1 unspecified atom stereocenters. The monoisotopic (exact) mass is 435 g/mol. The number of nitrogens with zero attached hydrogens (tertiary/aromatic N) is 3. The summed E-state index contributed by atoms with van der Waals surface area (Å²) < 4.78 is 5.27. The lowest BCUT2D eigenvalue weighted by atomic mass is 9.87. The summed E-state index contributed by atoms with van der Waals surface area (Å²) in [5.41, 5.74) is 3.30. The second kappa shape index (κ2) is 9.74. The maximum absolute atomic E-state index is 13.0. The van der Waals surface area contributed by atoms with Crippen LogP contribution < -0.4 is 4.74 Å². The highest BCUT2D eigenvalue weighted by Crippen LogP contribution is 2.36. The van der Waals surface area contributed by atoms with E-state index in [0.717, 1.165) is 38.9 Å². The number of piperidine rings is 1. The van der Waals surface area contributed by atoms with Crippen LogP contribution in [0.5, 0.6) is 5.75 Å². The lowest BCUT2D eigenvalue weighted by Crippen LogP contribution is -2.50. The first-order valence-electron chi connectivity index (χ1n) is 11.4. The first-order valence-corrected chi connectivity index (χ1v) is 11.4. The molecule has 2 amide bonds. The van der Waals surface area contributed by atoms with E-state index in [9.17, 15) is 9.59 Å². The van der Waals surface area contributed by atoms with Crippen LogP contribution in [0.2, 0.25) is 0 Å². The van der Waals surface area contributed by atoms with Crippen molar-refractivity contribution in [2.75, 3.05) is 40.8 Å². The molecule has 0 saturated carbocycles. The van der Waals surface area contributed by atoms with Gasteiger partial charge in [0.15, 0.2) is 0 Å². The lowest BCUT2D eigenvalue weighted by molar-refractivity contribution is -0.130. The number of amides is 2. The predicted molar refractivity (Wildman–Crippen MR) is 125 cm³/mol. The molecule has 0 N–H and O–H groups in total. The van der Waals surface area contributed by atoms with Gasteiger partial charge in [0.2, 0.25) is 5.91 Å². The van der Waals surface area contributed by atoms with E-state index in [4.69, 9.17) is 4.74 Å². The number of likely N-dealkylation sites (tertiary alicyclic amines) is 1. The molecular formula is C26H33N3O3. The molecule has 2 aromatic rings. The summed E-state index contributed by atoms with van der Waals surface area (Å²) in [7, 11) is 5.26. The molecule has 1 atom stereocenters. The summed E-state index contributed by atoms with van der Waals surface area (Å²) in [5, 5.41) is 0. The van der Waals surface area contributed by atoms with Crippen molar-refractivity contribution in [3.05, 3.63) is 65.2 Å². The maximum atomic E-state index is 13.0. The van der Waals surface area contributed by atoms with E-state index in [1.54, 1.807) is 18.1 Å². The molecule has 4 rings (SSSR count). The molecule has 0 aromatic heterocycles. The van der Waals surface area contributed by atoms with Gasteiger partial charge < -0.3 is 14.5 Å². The van der Waals surface area contributed by atoms with Gasteiger partial charge in [0.05, 0.1) is 7.11 Å². The zero-order chi connectivity index (χ0) is 22.7. The van der Waals surface area contributed by atoms with Crippen LogP contribution in [0.3, 0.4) is 0 Å². The summed E-state index contributed by atoms with van der Waals surface area (Å²) in [6, 6.07) is 16.4. The zero-order valence-electron chi connectivity index (χ0n) is 19.3. The van der Waals surface area contributed by atoms with E-state index < -0.39 is 0 Å². The molecule has 1 saturated heterocycles. The third-order valence-corrected chi connectivity index (χ3v) is 6.86.